The quantitative estimate of drug-likeness (QED) is 0.144. The highest BCUT2D eigenvalue weighted by Gasteiger charge is 2.53. The van der Waals surface area contributed by atoms with Crippen LogP contribution in [0.15, 0.2) is 48.6 Å². The number of hydrogen-bond donors (Lipinski definition) is 3. The molecule has 2 aliphatic heterocycles. The fourth-order valence-electron chi connectivity index (χ4n) is 7.81. The molecule has 0 spiro atoms. The van der Waals surface area contributed by atoms with Gasteiger partial charge in [0, 0.05) is 40.5 Å². The topological polar surface area (TPSA) is 174 Å². The van der Waals surface area contributed by atoms with Gasteiger partial charge in [0.15, 0.2) is 0 Å². The molecule has 280 valence electrons. The molecular formula is C42H44N4O8. The van der Waals surface area contributed by atoms with E-state index in [1.54, 1.807) is 25.2 Å². The van der Waals surface area contributed by atoms with Crippen LogP contribution in [-0.2, 0) is 45.2 Å². The minimum Gasteiger partial charge on any atom is -0.481 e. The minimum atomic E-state index is -1.18. The van der Waals surface area contributed by atoms with Crippen LogP contribution in [0.2, 0.25) is 0 Å². The number of esters is 3. The second kappa shape index (κ2) is 14.8. The van der Waals surface area contributed by atoms with Crippen molar-refractivity contribution in [1.29, 1.82) is 0 Å². The standard InChI is InChI=1S/C42H44N4O8/c1-9-24-21(3)30-18-35-28-14-11-27(40(50)52-7)39(41(51)53-8)42(28,6)36(46-35)20-31-23(5)25(12-15-37(47)48)33(45-31)19-34-26(13-16-38(49)54-10-2)22(4)29(44-34)17-32(24)43-30/h9,11,14,17-20,39,43,45H,1,10,12-13,15-16H2,2-8H3,(H,47,48)/t39?,42-/m1/s1. The molecule has 3 aliphatic rings. The number of methoxy groups -OCH3 is 2. The van der Waals surface area contributed by atoms with Gasteiger partial charge in [-0.05, 0) is 105 Å². The van der Waals surface area contributed by atoms with E-state index in [0.717, 1.165) is 44.4 Å². The van der Waals surface area contributed by atoms with E-state index in [4.69, 9.17) is 24.2 Å². The van der Waals surface area contributed by atoms with Crippen molar-refractivity contribution in [3.05, 3.63) is 93.6 Å². The summed E-state index contributed by atoms with van der Waals surface area (Å²) in [5.41, 5.74) is 9.96. The zero-order valence-electron chi connectivity index (χ0n) is 31.6. The van der Waals surface area contributed by atoms with Gasteiger partial charge in [0.2, 0.25) is 0 Å². The Hall–Kier alpha value is -6.04. The van der Waals surface area contributed by atoms with E-state index >= 15 is 0 Å². The van der Waals surface area contributed by atoms with E-state index in [9.17, 15) is 24.3 Å². The average molecular weight is 733 g/mol. The first-order valence-corrected chi connectivity index (χ1v) is 17.8. The lowest BCUT2D eigenvalue weighted by molar-refractivity contribution is -0.149. The van der Waals surface area contributed by atoms with Crippen LogP contribution in [0.3, 0.4) is 0 Å². The summed E-state index contributed by atoms with van der Waals surface area (Å²) in [6, 6.07) is 7.61. The van der Waals surface area contributed by atoms with E-state index in [-0.39, 0.29) is 37.4 Å². The number of ether oxygens (including phenoxy) is 3. The zero-order chi connectivity index (χ0) is 39.1. The molecule has 3 N–H and O–H groups in total. The summed E-state index contributed by atoms with van der Waals surface area (Å²) >= 11 is 0. The van der Waals surface area contributed by atoms with Crippen LogP contribution < -0.4 is 0 Å². The highest BCUT2D eigenvalue weighted by Crippen LogP contribution is 2.52. The van der Waals surface area contributed by atoms with Gasteiger partial charge in [0.05, 0.1) is 54.6 Å². The molecule has 0 radical (unpaired) electrons. The van der Waals surface area contributed by atoms with Gasteiger partial charge in [-0.15, -0.1) is 0 Å². The third kappa shape index (κ3) is 6.46. The van der Waals surface area contributed by atoms with Crippen molar-refractivity contribution in [2.45, 2.75) is 65.7 Å². The van der Waals surface area contributed by atoms with Crippen molar-refractivity contribution in [2.24, 2.45) is 5.92 Å². The molecule has 0 aromatic carbocycles. The number of carbonyl (C=O) groups is 4. The Morgan fingerprint density at radius 1 is 0.870 bits per heavy atom. The third-order valence-corrected chi connectivity index (χ3v) is 10.8. The summed E-state index contributed by atoms with van der Waals surface area (Å²) < 4.78 is 15.6. The molecule has 1 unspecified atom stereocenters. The number of carboxylic acid groups (broad SMARTS) is 1. The number of fused-ring (bicyclic) bond motifs is 11. The van der Waals surface area contributed by atoms with Crippen LogP contribution in [-0.4, -0.2) is 69.7 Å². The summed E-state index contributed by atoms with van der Waals surface area (Å²) in [5, 5.41) is 9.70. The number of H-pyrrole nitrogens is 2. The fourth-order valence-corrected chi connectivity index (χ4v) is 7.81. The Bertz CT molecular complexity index is 2390. The van der Waals surface area contributed by atoms with Crippen LogP contribution in [0.4, 0.5) is 0 Å². The van der Waals surface area contributed by atoms with Crippen LogP contribution in [0, 0.1) is 19.8 Å². The molecule has 6 rings (SSSR count). The molecule has 8 bridgehead atoms. The van der Waals surface area contributed by atoms with Crippen molar-refractivity contribution >= 4 is 68.7 Å². The van der Waals surface area contributed by atoms with Crippen molar-refractivity contribution in [3.8, 4) is 0 Å². The Morgan fingerprint density at radius 3 is 2.22 bits per heavy atom. The number of nitrogens with one attached hydrogen (secondary N) is 2. The van der Waals surface area contributed by atoms with E-state index < -0.39 is 29.2 Å². The smallest absolute Gasteiger partial charge is 0.334 e. The molecule has 3 aromatic heterocycles. The molecule has 12 nitrogen and oxygen atoms in total. The molecule has 0 saturated heterocycles. The molecule has 3 aromatic rings. The maximum atomic E-state index is 13.7. The lowest BCUT2D eigenvalue weighted by Gasteiger charge is -2.36. The van der Waals surface area contributed by atoms with Gasteiger partial charge >= 0.3 is 23.9 Å². The van der Waals surface area contributed by atoms with E-state index in [2.05, 4.69) is 16.5 Å². The maximum absolute atomic E-state index is 13.7. The summed E-state index contributed by atoms with van der Waals surface area (Å²) in [6.45, 7) is 13.9. The zero-order valence-corrected chi connectivity index (χ0v) is 31.6. The Balaban J connectivity index is 1.75. The third-order valence-electron chi connectivity index (χ3n) is 10.8. The lowest BCUT2D eigenvalue weighted by atomic mass is 9.64. The summed E-state index contributed by atoms with van der Waals surface area (Å²) in [5.74, 6) is -3.64. The Morgan fingerprint density at radius 2 is 1.56 bits per heavy atom. The molecule has 0 amide bonds. The number of rotatable bonds is 10. The SMILES string of the molecule is C=Cc1c(C)c2cc3nc(cc4[nH]c(cc5nc(cc1[nH]2)C(C)=C5CCC(=O)OCC)c(CCC(=O)O)c4C)[C@@]1(C)C3=CC=C(C(=O)OC)C1C(=O)OC. The van der Waals surface area contributed by atoms with E-state index in [1.807, 2.05) is 52.0 Å². The predicted octanol–water partition coefficient (Wildman–Crippen LogP) is 7.11. The number of hydrogen-bond acceptors (Lipinski definition) is 9. The average Bonchev–Trinajstić information content (AvgIpc) is 3.80. The van der Waals surface area contributed by atoms with Crippen molar-refractivity contribution < 1.29 is 38.5 Å². The van der Waals surface area contributed by atoms with Crippen LogP contribution >= 0.6 is 0 Å². The summed E-state index contributed by atoms with van der Waals surface area (Å²) in [7, 11) is 2.54. The second-order valence-corrected chi connectivity index (χ2v) is 13.7. The maximum Gasteiger partial charge on any atom is 0.334 e. The van der Waals surface area contributed by atoms with Gasteiger partial charge in [0.25, 0.3) is 0 Å². The highest BCUT2D eigenvalue weighted by molar-refractivity contribution is 6.02. The van der Waals surface area contributed by atoms with Gasteiger partial charge in [-0.25, -0.2) is 9.78 Å². The van der Waals surface area contributed by atoms with E-state index in [1.165, 1.54) is 14.2 Å². The molecule has 1 aliphatic carbocycles. The highest BCUT2D eigenvalue weighted by atomic mass is 16.5. The van der Waals surface area contributed by atoms with Gasteiger partial charge < -0.3 is 29.3 Å². The molecule has 12 heteroatoms. The molecule has 0 fully saturated rings. The van der Waals surface area contributed by atoms with Crippen molar-refractivity contribution in [2.75, 3.05) is 20.8 Å². The number of aliphatic carboxylic acids is 1. The predicted molar refractivity (Wildman–Crippen MR) is 206 cm³/mol. The van der Waals surface area contributed by atoms with Crippen molar-refractivity contribution in [3.63, 3.8) is 0 Å². The molecular weight excluding hydrogens is 688 g/mol. The lowest BCUT2D eigenvalue weighted by Crippen LogP contribution is -2.42. The first-order chi connectivity index (χ1) is 25.8. The van der Waals surface area contributed by atoms with Crippen LogP contribution in [0.1, 0.15) is 85.1 Å². The molecule has 5 heterocycles. The van der Waals surface area contributed by atoms with Gasteiger partial charge in [-0.2, -0.15) is 0 Å². The first kappa shape index (κ1) is 37.7. The Labute approximate surface area is 312 Å². The minimum absolute atomic E-state index is 0.115. The number of aryl methyl sites for hydroxylation is 3. The fraction of sp³-hybridized carbons (Fsp3) is 0.333. The Kier molecular flexibility index (Phi) is 10.3. The van der Waals surface area contributed by atoms with Gasteiger partial charge in [-0.3, -0.25) is 19.4 Å². The van der Waals surface area contributed by atoms with E-state index in [0.29, 0.717) is 45.8 Å². The van der Waals surface area contributed by atoms with Crippen LogP contribution in [0.5, 0.6) is 0 Å². The van der Waals surface area contributed by atoms with Crippen LogP contribution in [0.25, 0.3) is 44.9 Å². The molecule has 0 saturated carbocycles. The number of aromatic amines is 2. The number of aromatic nitrogens is 4. The number of nitrogens with zero attached hydrogens (tertiary/aromatic N) is 2. The number of carboxylic acids is 1. The van der Waals surface area contributed by atoms with Gasteiger partial charge in [-0.1, -0.05) is 24.8 Å². The summed E-state index contributed by atoms with van der Waals surface area (Å²) in [6.07, 6.45) is 5.81. The first-order valence-electron chi connectivity index (χ1n) is 17.8. The number of carbonyl (C=O) groups excluding carboxylic acids is 3. The van der Waals surface area contributed by atoms with Gasteiger partial charge in [0.1, 0.15) is 5.92 Å². The molecule has 2 atom stereocenters. The second-order valence-electron chi connectivity index (χ2n) is 13.7. The molecule has 54 heavy (non-hydrogen) atoms. The number of allylic oxidation sites excluding steroid dienone is 5. The normalized spacial score (nSPS) is 17.6. The largest absolute Gasteiger partial charge is 0.481 e. The summed E-state index contributed by atoms with van der Waals surface area (Å²) in [4.78, 5) is 68.4. The monoisotopic (exact) mass is 732 g/mol. The van der Waals surface area contributed by atoms with Crippen molar-refractivity contribution in [1.82, 2.24) is 19.9 Å².